The zero-order valence-corrected chi connectivity index (χ0v) is 11.7. The Hall–Kier alpha value is -1.67. The van der Waals surface area contributed by atoms with E-state index in [0.717, 1.165) is 17.1 Å². The Labute approximate surface area is 117 Å². The quantitative estimate of drug-likeness (QED) is 0.647. The Balaban J connectivity index is 1.66. The maximum atomic E-state index is 5.56. The van der Waals surface area contributed by atoms with Gasteiger partial charge in [0.1, 0.15) is 5.58 Å². The van der Waals surface area contributed by atoms with Crippen molar-refractivity contribution in [2.24, 2.45) is 0 Å². The molecule has 3 aromatic rings. The summed E-state index contributed by atoms with van der Waals surface area (Å²) in [5, 5.41) is 1.24. The molecule has 0 amide bonds. The molecule has 0 unspecified atom stereocenters. The van der Waals surface area contributed by atoms with Crippen LogP contribution in [-0.4, -0.2) is 0 Å². The molecule has 1 heterocycles. The minimum atomic E-state index is 0.980. The van der Waals surface area contributed by atoms with Crippen molar-refractivity contribution in [1.82, 2.24) is 0 Å². The highest BCUT2D eigenvalue weighted by Gasteiger charge is 2.04. The van der Waals surface area contributed by atoms with Gasteiger partial charge in [-0.1, -0.05) is 48.0 Å². The number of rotatable bonds is 4. The molecular formula is C17H16OS. The second-order valence-electron chi connectivity index (χ2n) is 4.74. The van der Waals surface area contributed by atoms with Crippen molar-refractivity contribution in [3.8, 4) is 0 Å². The molecular weight excluding hydrogens is 252 g/mol. The Morgan fingerprint density at radius 3 is 2.79 bits per heavy atom. The molecule has 0 N–H and O–H groups in total. The predicted molar refractivity (Wildman–Crippen MR) is 82.4 cm³/mol. The van der Waals surface area contributed by atoms with Crippen LogP contribution in [0.4, 0.5) is 0 Å². The van der Waals surface area contributed by atoms with E-state index in [-0.39, 0.29) is 0 Å². The topological polar surface area (TPSA) is 13.1 Å². The fraction of sp³-hybridized carbons (Fsp3) is 0.176. The van der Waals surface area contributed by atoms with Crippen LogP contribution < -0.4 is 0 Å². The zero-order chi connectivity index (χ0) is 13.1. The molecule has 0 aliphatic heterocycles. The zero-order valence-electron chi connectivity index (χ0n) is 10.9. The fourth-order valence-corrected chi connectivity index (χ4v) is 3.19. The highest BCUT2D eigenvalue weighted by Crippen LogP contribution is 2.26. The lowest BCUT2D eigenvalue weighted by Gasteiger charge is -2.02. The van der Waals surface area contributed by atoms with Gasteiger partial charge in [0.25, 0.3) is 0 Å². The van der Waals surface area contributed by atoms with E-state index >= 15 is 0 Å². The van der Waals surface area contributed by atoms with Crippen LogP contribution >= 0.6 is 11.8 Å². The van der Waals surface area contributed by atoms with Gasteiger partial charge in [0.05, 0.1) is 6.26 Å². The lowest BCUT2D eigenvalue weighted by molar-refractivity contribution is 0.612. The van der Waals surface area contributed by atoms with E-state index in [1.54, 1.807) is 0 Å². The summed E-state index contributed by atoms with van der Waals surface area (Å²) < 4.78 is 5.56. The molecule has 0 radical (unpaired) electrons. The van der Waals surface area contributed by atoms with E-state index in [9.17, 15) is 0 Å². The Morgan fingerprint density at radius 1 is 1.00 bits per heavy atom. The third-order valence-corrected chi connectivity index (χ3v) is 4.22. The van der Waals surface area contributed by atoms with Crippen molar-refractivity contribution >= 4 is 22.7 Å². The molecule has 1 nitrogen and oxygen atoms in total. The maximum Gasteiger partial charge on any atom is 0.134 e. The largest absolute Gasteiger partial charge is 0.464 e. The molecule has 0 saturated carbocycles. The molecule has 2 aromatic carbocycles. The van der Waals surface area contributed by atoms with Crippen LogP contribution in [0.5, 0.6) is 0 Å². The van der Waals surface area contributed by atoms with Crippen LogP contribution in [0.15, 0.2) is 59.2 Å². The van der Waals surface area contributed by atoms with Crippen molar-refractivity contribution in [2.45, 2.75) is 18.4 Å². The third kappa shape index (κ3) is 2.85. The van der Waals surface area contributed by atoms with Crippen LogP contribution in [0.3, 0.4) is 0 Å². The van der Waals surface area contributed by atoms with Crippen LogP contribution in [0, 0.1) is 6.92 Å². The summed E-state index contributed by atoms with van der Waals surface area (Å²) in [7, 11) is 0. The second kappa shape index (κ2) is 5.54. The molecule has 2 heteroatoms. The Kier molecular flexibility index (Phi) is 3.60. The molecule has 0 saturated heterocycles. The molecule has 0 atom stereocenters. The molecule has 0 spiro atoms. The van der Waals surface area contributed by atoms with E-state index < -0.39 is 0 Å². The molecule has 19 heavy (non-hydrogen) atoms. The molecule has 0 bridgehead atoms. The summed E-state index contributed by atoms with van der Waals surface area (Å²) in [5.74, 6) is 2.03. The van der Waals surface area contributed by atoms with E-state index in [1.165, 1.54) is 22.1 Å². The van der Waals surface area contributed by atoms with Gasteiger partial charge in [0, 0.05) is 22.5 Å². The predicted octanol–water partition coefficient (Wildman–Crippen LogP) is 5.17. The molecule has 3 rings (SSSR count). The summed E-state index contributed by atoms with van der Waals surface area (Å²) in [6.07, 6.45) is 1.88. The van der Waals surface area contributed by atoms with Gasteiger partial charge in [-0.3, -0.25) is 0 Å². The number of fused-ring (bicyclic) bond motifs is 1. The summed E-state index contributed by atoms with van der Waals surface area (Å²) in [4.78, 5) is 0. The number of furan rings is 1. The van der Waals surface area contributed by atoms with Gasteiger partial charge < -0.3 is 4.42 Å². The number of aryl methyl sites for hydroxylation is 1. The molecule has 0 aliphatic carbocycles. The molecule has 96 valence electrons. The summed E-state index contributed by atoms with van der Waals surface area (Å²) in [6, 6.07) is 16.9. The third-order valence-electron chi connectivity index (χ3n) is 3.17. The minimum Gasteiger partial charge on any atom is -0.464 e. The first kappa shape index (κ1) is 12.4. The van der Waals surface area contributed by atoms with Gasteiger partial charge in [-0.25, -0.2) is 0 Å². The van der Waals surface area contributed by atoms with Gasteiger partial charge in [-0.15, -0.1) is 0 Å². The number of thioether (sulfide) groups is 1. The number of hydrogen-bond acceptors (Lipinski definition) is 2. The van der Waals surface area contributed by atoms with Gasteiger partial charge in [0.2, 0.25) is 0 Å². The van der Waals surface area contributed by atoms with E-state index in [2.05, 4.69) is 43.3 Å². The van der Waals surface area contributed by atoms with Crippen LogP contribution in [0.25, 0.3) is 11.0 Å². The number of hydrogen-bond donors (Lipinski definition) is 0. The highest BCUT2D eigenvalue weighted by molar-refractivity contribution is 7.97. The van der Waals surface area contributed by atoms with E-state index in [1.807, 2.05) is 30.2 Å². The molecule has 0 fully saturated rings. The normalized spacial score (nSPS) is 11.0. The molecule has 0 aliphatic rings. The van der Waals surface area contributed by atoms with Crippen LogP contribution in [0.2, 0.25) is 0 Å². The van der Waals surface area contributed by atoms with Gasteiger partial charge in [0.15, 0.2) is 0 Å². The Bertz CT molecular complexity index is 684. The summed E-state index contributed by atoms with van der Waals surface area (Å²) in [6.45, 7) is 2.14. The van der Waals surface area contributed by atoms with Gasteiger partial charge >= 0.3 is 0 Å². The SMILES string of the molecule is Cc1cccc(CSCc2coc3ccccc23)c1. The van der Waals surface area contributed by atoms with E-state index in [0.29, 0.717) is 0 Å². The average Bonchev–Trinajstić information content (AvgIpc) is 2.83. The van der Waals surface area contributed by atoms with Crippen molar-refractivity contribution in [2.75, 3.05) is 0 Å². The standard InChI is InChI=1S/C17H16OS/c1-13-5-4-6-14(9-13)11-19-12-15-10-18-17-8-3-2-7-16(15)17/h2-10H,11-12H2,1H3. The summed E-state index contributed by atoms with van der Waals surface area (Å²) >= 11 is 1.93. The number of benzene rings is 2. The lowest BCUT2D eigenvalue weighted by Crippen LogP contribution is -1.83. The van der Waals surface area contributed by atoms with Crippen LogP contribution in [0.1, 0.15) is 16.7 Å². The molecule has 1 aromatic heterocycles. The lowest BCUT2D eigenvalue weighted by atomic mass is 10.2. The van der Waals surface area contributed by atoms with Gasteiger partial charge in [-0.2, -0.15) is 11.8 Å². The monoisotopic (exact) mass is 268 g/mol. The van der Waals surface area contributed by atoms with E-state index in [4.69, 9.17) is 4.42 Å². The fourth-order valence-electron chi connectivity index (χ4n) is 2.23. The Morgan fingerprint density at radius 2 is 1.89 bits per heavy atom. The smallest absolute Gasteiger partial charge is 0.134 e. The highest BCUT2D eigenvalue weighted by atomic mass is 32.2. The maximum absolute atomic E-state index is 5.56. The van der Waals surface area contributed by atoms with Crippen molar-refractivity contribution in [3.63, 3.8) is 0 Å². The summed E-state index contributed by atoms with van der Waals surface area (Å²) in [5.41, 5.74) is 4.98. The number of para-hydroxylation sites is 1. The minimum absolute atomic E-state index is 0.980. The van der Waals surface area contributed by atoms with Crippen molar-refractivity contribution in [3.05, 3.63) is 71.5 Å². The van der Waals surface area contributed by atoms with Crippen molar-refractivity contribution in [1.29, 1.82) is 0 Å². The average molecular weight is 268 g/mol. The first-order valence-corrected chi connectivity index (χ1v) is 7.57. The van der Waals surface area contributed by atoms with Crippen LogP contribution in [-0.2, 0) is 11.5 Å². The first-order valence-electron chi connectivity index (χ1n) is 6.41. The van der Waals surface area contributed by atoms with Crippen molar-refractivity contribution < 1.29 is 4.42 Å². The second-order valence-corrected chi connectivity index (χ2v) is 5.72. The first-order chi connectivity index (χ1) is 9.33. The van der Waals surface area contributed by atoms with Gasteiger partial charge in [-0.05, 0) is 18.6 Å².